The van der Waals surface area contributed by atoms with Crippen molar-refractivity contribution in [3.63, 3.8) is 0 Å². The van der Waals surface area contributed by atoms with E-state index < -0.39 is 6.04 Å². The Morgan fingerprint density at radius 2 is 1.39 bits per heavy atom. The lowest BCUT2D eigenvalue weighted by atomic mass is 9.99. The summed E-state index contributed by atoms with van der Waals surface area (Å²) in [4.78, 5) is 36.8. The molecule has 5 rings (SSSR count). The number of hydrogen-bond donors (Lipinski definition) is 0. The van der Waals surface area contributed by atoms with Crippen molar-refractivity contribution in [1.29, 1.82) is 0 Å². The predicted molar refractivity (Wildman–Crippen MR) is 142 cm³/mol. The van der Waals surface area contributed by atoms with E-state index >= 15 is 0 Å². The Morgan fingerprint density at radius 1 is 0.816 bits per heavy atom. The van der Waals surface area contributed by atoms with Crippen molar-refractivity contribution in [3.8, 4) is 11.5 Å². The van der Waals surface area contributed by atoms with Crippen LogP contribution >= 0.6 is 0 Å². The van der Waals surface area contributed by atoms with Gasteiger partial charge in [0, 0.05) is 19.6 Å². The predicted octanol–water partition coefficient (Wildman–Crippen LogP) is 4.63. The maximum Gasteiger partial charge on any atom is 0.345 e. The summed E-state index contributed by atoms with van der Waals surface area (Å²) in [6, 6.07) is 24.4. The number of hydrogen-bond acceptors (Lipinski definition) is 5. The van der Waals surface area contributed by atoms with Gasteiger partial charge in [-0.05, 0) is 53.8 Å². The number of amides is 3. The number of ether oxygens (including phenoxy) is 2. The second-order valence-corrected chi connectivity index (χ2v) is 9.66. The van der Waals surface area contributed by atoms with E-state index in [4.69, 9.17) is 14.3 Å². The van der Waals surface area contributed by atoms with Crippen molar-refractivity contribution < 1.29 is 23.9 Å². The molecule has 1 unspecified atom stereocenters. The summed E-state index contributed by atoms with van der Waals surface area (Å²) >= 11 is 0. The first-order valence-electron chi connectivity index (χ1n) is 12.9. The Hall–Kier alpha value is -4.04. The topological polar surface area (TPSA) is 71.6 Å². The van der Waals surface area contributed by atoms with Gasteiger partial charge >= 0.3 is 6.03 Å². The number of benzene rings is 3. The molecule has 0 aliphatic carbocycles. The van der Waals surface area contributed by atoms with Crippen molar-refractivity contribution in [1.82, 2.24) is 14.9 Å². The zero-order chi connectivity index (χ0) is 26.5. The highest BCUT2D eigenvalue weighted by Crippen LogP contribution is 2.32. The number of rotatable bonds is 10. The minimum Gasteiger partial charge on any atom is -0.497 e. The highest BCUT2D eigenvalue weighted by molar-refractivity contribution is 5.88. The summed E-state index contributed by atoms with van der Waals surface area (Å²) in [7, 11) is 3.26. The molecule has 3 amide bonds. The summed E-state index contributed by atoms with van der Waals surface area (Å²) in [6.45, 7) is 1.65. The third-order valence-corrected chi connectivity index (χ3v) is 7.20. The molecule has 3 aromatic carbocycles. The fourth-order valence-corrected chi connectivity index (χ4v) is 5.10. The first-order chi connectivity index (χ1) is 18.6. The van der Waals surface area contributed by atoms with Gasteiger partial charge in [-0.25, -0.2) is 4.79 Å². The van der Waals surface area contributed by atoms with Crippen molar-refractivity contribution in [2.24, 2.45) is 0 Å². The zero-order valence-corrected chi connectivity index (χ0v) is 21.8. The van der Waals surface area contributed by atoms with Crippen molar-refractivity contribution in [2.45, 2.75) is 44.6 Å². The van der Waals surface area contributed by atoms with Gasteiger partial charge in [0.15, 0.2) is 0 Å². The molecule has 0 N–H and O–H groups in total. The first kappa shape index (κ1) is 25.6. The van der Waals surface area contributed by atoms with Crippen LogP contribution in [0.4, 0.5) is 4.79 Å². The van der Waals surface area contributed by atoms with E-state index in [-0.39, 0.29) is 18.0 Å². The van der Waals surface area contributed by atoms with Crippen LogP contribution in [0.2, 0.25) is 0 Å². The normalized spacial score (nSPS) is 18.4. The van der Waals surface area contributed by atoms with E-state index in [2.05, 4.69) is 0 Å². The van der Waals surface area contributed by atoms with E-state index in [1.807, 2.05) is 83.8 Å². The Balaban J connectivity index is 1.32. The molecule has 2 heterocycles. The third-order valence-electron chi connectivity index (χ3n) is 7.20. The molecular weight excluding hydrogens is 482 g/mol. The molecule has 0 aromatic heterocycles. The molecule has 0 saturated carbocycles. The van der Waals surface area contributed by atoms with Crippen LogP contribution in [0.25, 0.3) is 0 Å². The van der Waals surface area contributed by atoms with E-state index in [1.54, 1.807) is 19.1 Å². The minimum atomic E-state index is -0.527. The van der Waals surface area contributed by atoms with Gasteiger partial charge in [-0.15, -0.1) is 0 Å². The smallest absolute Gasteiger partial charge is 0.345 e. The molecule has 2 atom stereocenters. The Kier molecular flexibility index (Phi) is 7.79. The van der Waals surface area contributed by atoms with Crippen LogP contribution in [0.3, 0.4) is 0 Å². The second kappa shape index (κ2) is 11.6. The van der Waals surface area contributed by atoms with Crippen LogP contribution in [0.1, 0.15) is 29.5 Å². The summed E-state index contributed by atoms with van der Waals surface area (Å²) < 4.78 is 10.6. The molecule has 0 spiro atoms. The number of carbonyl (C=O) groups is 2. The largest absolute Gasteiger partial charge is 0.497 e. The lowest BCUT2D eigenvalue weighted by Crippen LogP contribution is -2.50. The van der Waals surface area contributed by atoms with Crippen molar-refractivity contribution in [3.05, 3.63) is 95.6 Å². The van der Waals surface area contributed by atoms with Gasteiger partial charge in [0.2, 0.25) is 5.91 Å². The van der Waals surface area contributed by atoms with Gasteiger partial charge in [0.05, 0.1) is 20.3 Å². The zero-order valence-electron chi connectivity index (χ0n) is 21.8. The van der Waals surface area contributed by atoms with Gasteiger partial charge in [-0.3, -0.25) is 9.63 Å². The molecule has 198 valence electrons. The van der Waals surface area contributed by atoms with E-state index in [0.29, 0.717) is 39.1 Å². The molecule has 0 radical (unpaired) electrons. The fourth-order valence-electron chi connectivity index (χ4n) is 5.10. The average Bonchev–Trinajstić information content (AvgIpc) is 3.21. The molecule has 2 aliphatic rings. The summed E-state index contributed by atoms with van der Waals surface area (Å²) in [5, 5.41) is 1.47. The van der Waals surface area contributed by atoms with Crippen molar-refractivity contribution >= 4 is 11.9 Å². The maximum atomic E-state index is 14.0. The monoisotopic (exact) mass is 515 g/mol. The van der Waals surface area contributed by atoms with Gasteiger partial charge < -0.3 is 19.3 Å². The highest BCUT2D eigenvalue weighted by atomic mass is 16.7. The standard InChI is InChI=1S/C30H33N3O5/c1-36-26-13-8-22(9-14-26)18-31(19-23-10-15-27(37-2)16-11-23)29(34)28-17-12-25-20-32(28)30(35)33(25)38-21-24-6-4-3-5-7-24/h3-11,13-16,25,28H,12,17-21H2,1-2H3/t25?,28-/m0/s1. The number of methoxy groups -OCH3 is 2. The number of nitrogens with zero attached hydrogens (tertiary/aromatic N) is 3. The molecule has 38 heavy (non-hydrogen) atoms. The molecule has 2 fully saturated rings. The molecule has 8 heteroatoms. The van der Waals surface area contributed by atoms with Gasteiger partial charge in [0.25, 0.3) is 0 Å². The number of carbonyl (C=O) groups excluding carboxylic acids is 2. The Morgan fingerprint density at radius 3 is 1.95 bits per heavy atom. The molecular formula is C30H33N3O5. The number of hydroxylamine groups is 2. The number of urea groups is 1. The first-order valence-corrected chi connectivity index (χ1v) is 12.9. The van der Waals surface area contributed by atoms with E-state index in [1.165, 1.54) is 5.06 Å². The summed E-state index contributed by atoms with van der Waals surface area (Å²) in [6.07, 6.45) is 1.31. The van der Waals surface area contributed by atoms with Gasteiger partial charge in [-0.2, -0.15) is 5.06 Å². The maximum absolute atomic E-state index is 14.0. The minimum absolute atomic E-state index is 0.0492. The number of piperidine rings is 1. The van der Waals surface area contributed by atoms with E-state index in [0.717, 1.165) is 28.2 Å². The Bertz CT molecular complexity index is 1180. The number of fused-ring (bicyclic) bond motifs is 2. The van der Waals surface area contributed by atoms with Crippen molar-refractivity contribution in [2.75, 3.05) is 20.8 Å². The van der Waals surface area contributed by atoms with Crippen LogP contribution in [-0.4, -0.2) is 59.6 Å². The summed E-state index contributed by atoms with van der Waals surface area (Å²) in [5.41, 5.74) is 2.97. The van der Waals surface area contributed by atoms with Crippen LogP contribution in [0.5, 0.6) is 11.5 Å². The van der Waals surface area contributed by atoms with E-state index in [9.17, 15) is 9.59 Å². The Labute approximate surface area is 223 Å². The SMILES string of the molecule is COc1ccc(CN(Cc2ccc(OC)cc2)C(=O)[C@@H]2CCC3CN2C(=O)N3OCc2ccccc2)cc1. The fraction of sp³-hybridized carbons (Fsp3) is 0.333. The van der Waals surface area contributed by atoms with Gasteiger partial charge in [-0.1, -0.05) is 54.6 Å². The molecule has 2 bridgehead atoms. The lowest BCUT2D eigenvalue weighted by Gasteiger charge is -2.34. The molecule has 2 saturated heterocycles. The third kappa shape index (κ3) is 5.60. The van der Waals surface area contributed by atoms with Crippen LogP contribution < -0.4 is 9.47 Å². The molecule has 3 aromatic rings. The quantitative estimate of drug-likeness (QED) is 0.394. The van der Waals surface area contributed by atoms with Gasteiger partial charge in [0.1, 0.15) is 24.1 Å². The average molecular weight is 516 g/mol. The highest BCUT2D eigenvalue weighted by Gasteiger charge is 2.48. The second-order valence-electron chi connectivity index (χ2n) is 9.66. The summed E-state index contributed by atoms with van der Waals surface area (Å²) in [5.74, 6) is 1.46. The molecule has 8 nitrogen and oxygen atoms in total. The van der Waals surface area contributed by atoms with Crippen LogP contribution in [0.15, 0.2) is 78.9 Å². The van der Waals surface area contributed by atoms with Crippen LogP contribution in [0, 0.1) is 0 Å². The molecule has 2 aliphatic heterocycles. The lowest BCUT2D eigenvalue weighted by molar-refractivity contribution is -0.141. The van der Waals surface area contributed by atoms with Crippen LogP contribution in [-0.2, 0) is 29.3 Å².